The third-order valence-electron chi connectivity index (χ3n) is 7.81. The predicted molar refractivity (Wildman–Crippen MR) is 192 cm³/mol. The first-order valence-corrected chi connectivity index (χ1v) is 17.4. The van der Waals surface area contributed by atoms with E-state index in [1.54, 1.807) is 45.0 Å². The molecule has 0 aromatic heterocycles. The Labute approximate surface area is 308 Å². The molecule has 1 aliphatic rings. The minimum absolute atomic E-state index is 0.0178. The van der Waals surface area contributed by atoms with Crippen molar-refractivity contribution in [2.75, 3.05) is 6.54 Å². The molecule has 14 heteroatoms. The van der Waals surface area contributed by atoms with E-state index in [9.17, 15) is 28.8 Å². The standard InChI is InChI=1S/C39H46N4O10/c1-39(2,3)52-38(49)42-32(24-27-17-19-30(20-18-27)50-25-28-12-6-4-7-13-28)35(46)41-31(36(47)53-43-33(44)21-22-34(43)45)16-10-11-23-40-37(48)51-26-29-14-8-5-9-15-29/h4-9,12-15,17-20,31-32H,10-11,16,21-26H2,1-3H3,(H,40,48)(H,41,46)(H,42,49)/t31-,32+/m1/s1. The van der Waals surface area contributed by atoms with E-state index in [1.807, 2.05) is 60.7 Å². The van der Waals surface area contributed by atoms with Gasteiger partial charge in [-0.05, 0) is 68.9 Å². The Hall–Kier alpha value is -5.92. The lowest BCUT2D eigenvalue weighted by molar-refractivity contribution is -0.199. The molecule has 3 aromatic carbocycles. The summed E-state index contributed by atoms with van der Waals surface area (Å²) in [7, 11) is 0. The van der Waals surface area contributed by atoms with Crippen molar-refractivity contribution in [3.8, 4) is 5.75 Å². The van der Waals surface area contributed by atoms with Crippen LogP contribution in [0, 0.1) is 0 Å². The lowest BCUT2D eigenvalue weighted by atomic mass is 10.0. The van der Waals surface area contributed by atoms with Crippen LogP contribution in [0.5, 0.6) is 5.75 Å². The van der Waals surface area contributed by atoms with Crippen LogP contribution in [0.4, 0.5) is 9.59 Å². The molecule has 4 rings (SSSR count). The van der Waals surface area contributed by atoms with Gasteiger partial charge in [0.05, 0.1) is 0 Å². The summed E-state index contributed by atoms with van der Waals surface area (Å²) in [6, 6.07) is 23.3. The van der Waals surface area contributed by atoms with Gasteiger partial charge in [-0.3, -0.25) is 14.4 Å². The molecule has 0 saturated carbocycles. The number of benzene rings is 3. The van der Waals surface area contributed by atoms with E-state index in [0.717, 1.165) is 11.1 Å². The average molecular weight is 731 g/mol. The number of amides is 5. The summed E-state index contributed by atoms with van der Waals surface area (Å²) in [5.74, 6) is -2.51. The molecule has 1 aliphatic heterocycles. The number of unbranched alkanes of at least 4 members (excludes halogenated alkanes) is 1. The number of imide groups is 1. The van der Waals surface area contributed by atoms with Gasteiger partial charge in [0, 0.05) is 25.8 Å². The molecular formula is C39H46N4O10. The summed E-state index contributed by atoms with van der Waals surface area (Å²) < 4.78 is 16.5. The highest BCUT2D eigenvalue weighted by Crippen LogP contribution is 2.18. The molecular weight excluding hydrogens is 684 g/mol. The van der Waals surface area contributed by atoms with Crippen LogP contribution < -0.4 is 20.7 Å². The molecule has 0 radical (unpaired) electrons. The Morgan fingerprint density at radius 2 is 1.32 bits per heavy atom. The van der Waals surface area contributed by atoms with Crippen LogP contribution in [0.25, 0.3) is 0 Å². The quantitative estimate of drug-likeness (QED) is 0.128. The van der Waals surface area contributed by atoms with Crippen LogP contribution in [0.2, 0.25) is 0 Å². The molecule has 0 aliphatic carbocycles. The molecule has 5 amide bonds. The Balaban J connectivity index is 1.40. The maximum absolute atomic E-state index is 13.8. The van der Waals surface area contributed by atoms with Crippen LogP contribution >= 0.6 is 0 Å². The normalized spacial score (nSPS) is 13.8. The zero-order valence-corrected chi connectivity index (χ0v) is 30.1. The van der Waals surface area contributed by atoms with Gasteiger partial charge in [0.25, 0.3) is 11.8 Å². The van der Waals surface area contributed by atoms with Gasteiger partial charge in [0.2, 0.25) is 5.91 Å². The maximum atomic E-state index is 13.8. The minimum Gasteiger partial charge on any atom is -0.489 e. The third-order valence-corrected chi connectivity index (χ3v) is 7.81. The summed E-state index contributed by atoms with van der Waals surface area (Å²) in [6.45, 7) is 5.72. The fourth-order valence-corrected chi connectivity index (χ4v) is 5.13. The van der Waals surface area contributed by atoms with Crippen molar-refractivity contribution in [1.29, 1.82) is 0 Å². The number of hydrogen-bond donors (Lipinski definition) is 3. The Bertz CT molecular complexity index is 1680. The van der Waals surface area contributed by atoms with Crippen LogP contribution in [-0.4, -0.2) is 65.2 Å². The van der Waals surface area contributed by atoms with E-state index in [4.69, 9.17) is 19.0 Å². The second-order valence-corrected chi connectivity index (χ2v) is 13.4. The average Bonchev–Trinajstić information content (AvgIpc) is 3.44. The number of nitrogens with one attached hydrogen (secondary N) is 3. The molecule has 1 saturated heterocycles. The molecule has 0 spiro atoms. The predicted octanol–water partition coefficient (Wildman–Crippen LogP) is 4.89. The lowest BCUT2D eigenvalue weighted by Crippen LogP contribution is -2.54. The molecule has 0 bridgehead atoms. The maximum Gasteiger partial charge on any atom is 0.408 e. The monoisotopic (exact) mass is 730 g/mol. The number of nitrogens with zero attached hydrogens (tertiary/aromatic N) is 1. The summed E-state index contributed by atoms with van der Waals surface area (Å²) in [6.07, 6.45) is -0.928. The van der Waals surface area contributed by atoms with Gasteiger partial charge >= 0.3 is 18.2 Å². The summed E-state index contributed by atoms with van der Waals surface area (Å²) in [5.41, 5.74) is 1.65. The van der Waals surface area contributed by atoms with E-state index >= 15 is 0 Å². The van der Waals surface area contributed by atoms with Gasteiger partial charge in [-0.1, -0.05) is 72.8 Å². The van der Waals surface area contributed by atoms with Crippen molar-refractivity contribution in [3.63, 3.8) is 0 Å². The van der Waals surface area contributed by atoms with Gasteiger partial charge in [-0.15, -0.1) is 5.06 Å². The van der Waals surface area contributed by atoms with E-state index in [0.29, 0.717) is 35.8 Å². The molecule has 53 heavy (non-hydrogen) atoms. The topological polar surface area (TPSA) is 179 Å². The summed E-state index contributed by atoms with van der Waals surface area (Å²) in [5, 5.41) is 8.26. The number of hydrogen-bond acceptors (Lipinski definition) is 10. The van der Waals surface area contributed by atoms with Crippen molar-refractivity contribution >= 4 is 35.9 Å². The van der Waals surface area contributed by atoms with E-state index in [-0.39, 0.29) is 38.8 Å². The van der Waals surface area contributed by atoms with Crippen LogP contribution in [0.15, 0.2) is 84.9 Å². The SMILES string of the molecule is CC(C)(C)OC(=O)N[C@@H](Cc1ccc(OCc2ccccc2)cc1)C(=O)N[C@H](CCCCNC(=O)OCc1ccccc1)C(=O)ON1C(=O)CCC1=O. The van der Waals surface area contributed by atoms with Gasteiger partial charge in [-0.2, -0.15) is 0 Å². The van der Waals surface area contributed by atoms with Crippen LogP contribution in [0.3, 0.4) is 0 Å². The van der Waals surface area contributed by atoms with Gasteiger partial charge in [-0.25, -0.2) is 14.4 Å². The molecule has 2 atom stereocenters. The lowest BCUT2D eigenvalue weighted by Gasteiger charge is -2.25. The second-order valence-electron chi connectivity index (χ2n) is 13.4. The number of rotatable bonds is 17. The van der Waals surface area contributed by atoms with Crippen molar-refractivity contribution < 1.29 is 47.8 Å². The van der Waals surface area contributed by atoms with E-state index in [2.05, 4.69) is 16.0 Å². The molecule has 14 nitrogen and oxygen atoms in total. The highest BCUT2D eigenvalue weighted by Gasteiger charge is 2.36. The van der Waals surface area contributed by atoms with Crippen molar-refractivity contribution in [2.45, 2.75) is 90.2 Å². The molecule has 3 N–H and O–H groups in total. The smallest absolute Gasteiger partial charge is 0.408 e. The van der Waals surface area contributed by atoms with Crippen molar-refractivity contribution in [1.82, 2.24) is 21.0 Å². The first-order chi connectivity index (χ1) is 25.4. The molecule has 0 unspecified atom stereocenters. The molecule has 1 heterocycles. The van der Waals surface area contributed by atoms with E-state index in [1.165, 1.54) is 0 Å². The third kappa shape index (κ3) is 14.0. The van der Waals surface area contributed by atoms with Crippen molar-refractivity contribution in [2.24, 2.45) is 0 Å². The first kappa shape index (κ1) is 39.9. The highest BCUT2D eigenvalue weighted by molar-refractivity contribution is 6.02. The number of carbonyl (C=O) groups excluding carboxylic acids is 6. The molecule has 3 aromatic rings. The van der Waals surface area contributed by atoms with Crippen LogP contribution in [-0.2, 0) is 53.1 Å². The van der Waals surface area contributed by atoms with Crippen molar-refractivity contribution in [3.05, 3.63) is 102 Å². The van der Waals surface area contributed by atoms with Gasteiger partial charge < -0.3 is 35.0 Å². The van der Waals surface area contributed by atoms with Gasteiger partial charge in [0.1, 0.15) is 36.6 Å². The van der Waals surface area contributed by atoms with E-state index < -0.39 is 53.6 Å². The fourth-order valence-electron chi connectivity index (χ4n) is 5.13. The fraction of sp³-hybridized carbons (Fsp3) is 0.385. The molecule has 1 fully saturated rings. The Morgan fingerprint density at radius 3 is 1.92 bits per heavy atom. The first-order valence-electron chi connectivity index (χ1n) is 17.4. The number of alkyl carbamates (subject to hydrolysis) is 2. The Kier molecular flexibility index (Phi) is 14.8. The highest BCUT2D eigenvalue weighted by atomic mass is 16.7. The number of carbonyl (C=O) groups is 6. The van der Waals surface area contributed by atoms with Gasteiger partial charge in [0.15, 0.2) is 0 Å². The zero-order valence-electron chi connectivity index (χ0n) is 30.1. The largest absolute Gasteiger partial charge is 0.489 e. The summed E-state index contributed by atoms with van der Waals surface area (Å²) >= 11 is 0. The number of ether oxygens (including phenoxy) is 3. The Morgan fingerprint density at radius 1 is 0.717 bits per heavy atom. The zero-order chi connectivity index (χ0) is 38.2. The molecule has 282 valence electrons. The second kappa shape index (κ2) is 19.6. The summed E-state index contributed by atoms with van der Waals surface area (Å²) in [4.78, 5) is 81.6. The minimum atomic E-state index is -1.31. The number of hydroxylamine groups is 2. The van der Waals surface area contributed by atoms with Crippen LogP contribution in [0.1, 0.15) is 69.6 Å².